The lowest BCUT2D eigenvalue weighted by molar-refractivity contribution is 0.0950. The van der Waals surface area contributed by atoms with Crippen molar-refractivity contribution in [3.63, 3.8) is 0 Å². The number of aromatic nitrogens is 2. The molecule has 3 N–H and O–H groups in total. The van der Waals surface area contributed by atoms with Crippen molar-refractivity contribution in [1.29, 1.82) is 0 Å². The maximum atomic E-state index is 12.3. The molecule has 0 aliphatic heterocycles. The Labute approximate surface area is 203 Å². The Morgan fingerprint density at radius 2 is 1.88 bits per heavy atom. The lowest BCUT2D eigenvalue weighted by atomic mass is 10.1. The van der Waals surface area contributed by atoms with Crippen LogP contribution in [0.25, 0.3) is 11.3 Å². The Morgan fingerprint density at radius 1 is 1.12 bits per heavy atom. The van der Waals surface area contributed by atoms with Crippen molar-refractivity contribution in [3.05, 3.63) is 99.1 Å². The second kappa shape index (κ2) is 10.3. The summed E-state index contributed by atoms with van der Waals surface area (Å²) >= 11 is 9.21. The molecule has 33 heavy (non-hydrogen) atoms. The summed E-state index contributed by atoms with van der Waals surface area (Å²) in [6.45, 7) is 0.432. The lowest BCUT2D eigenvalue weighted by Crippen LogP contribution is -2.18. The maximum absolute atomic E-state index is 12.3. The van der Waals surface area contributed by atoms with Gasteiger partial charge in [-0.3, -0.25) is 9.89 Å². The van der Waals surface area contributed by atoms with Gasteiger partial charge in [0.15, 0.2) is 0 Å². The summed E-state index contributed by atoms with van der Waals surface area (Å²) in [5, 5.41) is 21.3. The third kappa shape index (κ3) is 6.00. The van der Waals surface area contributed by atoms with Crippen molar-refractivity contribution in [2.24, 2.45) is 5.10 Å². The van der Waals surface area contributed by atoms with E-state index in [0.717, 1.165) is 15.6 Å². The average Bonchev–Trinajstić information content (AvgIpc) is 3.32. The van der Waals surface area contributed by atoms with E-state index < -0.39 is 5.91 Å². The highest BCUT2D eigenvalue weighted by atomic mass is 79.9. The number of hydrogen-bond donors (Lipinski definition) is 3. The van der Waals surface area contributed by atoms with Crippen LogP contribution in [0.3, 0.4) is 0 Å². The number of carbonyl (C=O) groups excluding carboxylic acids is 1. The number of H-pyrrole nitrogens is 1. The van der Waals surface area contributed by atoms with Crippen molar-refractivity contribution in [2.45, 2.75) is 6.61 Å². The van der Waals surface area contributed by atoms with E-state index in [9.17, 15) is 9.90 Å². The van der Waals surface area contributed by atoms with Gasteiger partial charge in [-0.05, 0) is 66.2 Å². The monoisotopic (exact) mass is 524 g/mol. The Morgan fingerprint density at radius 3 is 2.64 bits per heavy atom. The fraction of sp³-hybridized carbons (Fsp3) is 0.0417. The number of nitrogens with zero attached hydrogens (tertiary/aromatic N) is 2. The number of carbonyl (C=O) groups is 1. The molecule has 0 atom stereocenters. The number of aromatic amines is 1. The van der Waals surface area contributed by atoms with Crippen LogP contribution < -0.4 is 10.2 Å². The van der Waals surface area contributed by atoms with Crippen molar-refractivity contribution >= 4 is 39.7 Å². The van der Waals surface area contributed by atoms with Gasteiger partial charge >= 0.3 is 0 Å². The Balaban J connectivity index is 1.35. The van der Waals surface area contributed by atoms with Crippen LogP contribution in [0.5, 0.6) is 11.5 Å². The molecule has 0 saturated carbocycles. The summed E-state index contributed by atoms with van der Waals surface area (Å²) in [5.41, 5.74) is 5.58. The molecule has 4 rings (SSSR count). The van der Waals surface area contributed by atoms with Gasteiger partial charge in [0, 0.05) is 20.6 Å². The smallest absolute Gasteiger partial charge is 0.289 e. The maximum Gasteiger partial charge on any atom is 0.289 e. The number of aromatic hydroxyl groups is 1. The number of hydrazone groups is 1. The van der Waals surface area contributed by atoms with Crippen LogP contribution in [0.15, 0.2) is 82.4 Å². The van der Waals surface area contributed by atoms with Crippen molar-refractivity contribution < 1.29 is 14.6 Å². The van der Waals surface area contributed by atoms with Crippen LogP contribution in [0.2, 0.25) is 5.02 Å². The second-order valence-corrected chi connectivity index (χ2v) is 8.36. The van der Waals surface area contributed by atoms with E-state index in [1.807, 2.05) is 48.5 Å². The van der Waals surface area contributed by atoms with E-state index >= 15 is 0 Å². The van der Waals surface area contributed by atoms with Crippen LogP contribution in [0.1, 0.15) is 21.6 Å². The number of halogens is 2. The molecule has 4 aromatic rings. The van der Waals surface area contributed by atoms with E-state index in [0.29, 0.717) is 28.6 Å². The standard InChI is InChI=1S/C24H18BrClN4O3/c25-18-5-10-23(31)17(11-18)13-27-30-24(32)22-12-21(28-29-22)16-3-8-20(9-4-16)33-14-15-1-6-19(26)7-2-15/h1-13,31H,14H2,(H,28,29)(H,30,32)/b27-13-. The van der Waals surface area contributed by atoms with Crippen LogP contribution in [0, 0.1) is 0 Å². The Hall–Kier alpha value is -3.62. The minimum Gasteiger partial charge on any atom is -0.507 e. The molecule has 3 aromatic carbocycles. The lowest BCUT2D eigenvalue weighted by Gasteiger charge is -2.07. The van der Waals surface area contributed by atoms with Gasteiger partial charge in [0.1, 0.15) is 23.8 Å². The average molecular weight is 526 g/mol. The summed E-state index contributed by atoms with van der Waals surface area (Å²) < 4.78 is 6.58. The molecule has 0 aliphatic rings. The fourth-order valence-corrected chi connectivity index (χ4v) is 3.41. The predicted molar refractivity (Wildman–Crippen MR) is 131 cm³/mol. The van der Waals surface area contributed by atoms with Gasteiger partial charge in [-0.2, -0.15) is 10.2 Å². The molecule has 0 aliphatic carbocycles. The third-order valence-electron chi connectivity index (χ3n) is 4.65. The molecule has 0 spiro atoms. The minimum atomic E-state index is -0.456. The number of nitrogens with one attached hydrogen (secondary N) is 2. The second-order valence-electron chi connectivity index (χ2n) is 7.01. The van der Waals surface area contributed by atoms with E-state index in [4.69, 9.17) is 16.3 Å². The summed E-state index contributed by atoms with van der Waals surface area (Å²) in [6.07, 6.45) is 1.36. The highest BCUT2D eigenvalue weighted by molar-refractivity contribution is 9.10. The number of rotatable bonds is 7. The molecule has 0 saturated heterocycles. The first kappa shape index (κ1) is 22.6. The van der Waals surface area contributed by atoms with Crippen molar-refractivity contribution in [2.75, 3.05) is 0 Å². The van der Waals surface area contributed by atoms with E-state index in [2.05, 4.69) is 36.7 Å². The van der Waals surface area contributed by atoms with Gasteiger partial charge in [0.25, 0.3) is 5.91 Å². The first-order valence-electron chi connectivity index (χ1n) is 9.83. The number of phenols is 1. The topological polar surface area (TPSA) is 99.6 Å². The molecule has 166 valence electrons. The summed E-state index contributed by atoms with van der Waals surface area (Å²) in [5.74, 6) is 0.315. The third-order valence-corrected chi connectivity index (χ3v) is 5.40. The molecule has 0 bridgehead atoms. The Kier molecular flexibility index (Phi) is 7.07. The first-order chi connectivity index (χ1) is 16.0. The van der Waals surface area contributed by atoms with Crippen LogP contribution in [-0.2, 0) is 6.61 Å². The van der Waals surface area contributed by atoms with E-state index in [1.54, 1.807) is 18.2 Å². The SMILES string of the molecule is O=C(N/N=C\c1cc(Br)ccc1O)c1cc(-c2ccc(OCc3ccc(Cl)cc3)cc2)n[nH]1. The minimum absolute atomic E-state index is 0.0561. The van der Waals surface area contributed by atoms with Gasteiger partial charge < -0.3 is 9.84 Å². The zero-order valence-electron chi connectivity index (χ0n) is 17.1. The largest absolute Gasteiger partial charge is 0.507 e. The molecular formula is C24H18BrClN4O3. The zero-order chi connectivity index (χ0) is 23.2. The molecule has 0 unspecified atom stereocenters. The van der Waals surface area contributed by atoms with Gasteiger partial charge in [0.2, 0.25) is 0 Å². The number of phenolic OH excluding ortho intramolecular Hbond substituents is 1. The number of benzene rings is 3. The van der Waals surface area contributed by atoms with E-state index in [1.165, 1.54) is 12.3 Å². The quantitative estimate of drug-likeness (QED) is 0.218. The van der Waals surface area contributed by atoms with Crippen LogP contribution in [0.4, 0.5) is 0 Å². The van der Waals surface area contributed by atoms with Gasteiger partial charge in [0.05, 0.1) is 11.9 Å². The molecule has 9 heteroatoms. The van der Waals surface area contributed by atoms with Crippen LogP contribution in [-0.4, -0.2) is 27.4 Å². The first-order valence-corrected chi connectivity index (χ1v) is 11.0. The predicted octanol–water partition coefficient (Wildman–Crippen LogP) is 5.54. The molecule has 0 radical (unpaired) electrons. The highest BCUT2D eigenvalue weighted by Crippen LogP contribution is 2.23. The molecule has 1 amide bonds. The van der Waals surface area contributed by atoms with Gasteiger partial charge in [-0.15, -0.1) is 0 Å². The molecule has 1 aromatic heterocycles. The van der Waals surface area contributed by atoms with Crippen LogP contribution >= 0.6 is 27.5 Å². The highest BCUT2D eigenvalue weighted by Gasteiger charge is 2.11. The van der Waals surface area contributed by atoms with Crippen molar-refractivity contribution in [1.82, 2.24) is 15.6 Å². The zero-order valence-corrected chi connectivity index (χ0v) is 19.5. The molecule has 1 heterocycles. The molecule has 7 nitrogen and oxygen atoms in total. The number of ether oxygens (including phenoxy) is 1. The number of amides is 1. The Bertz CT molecular complexity index is 1290. The van der Waals surface area contributed by atoms with Crippen molar-refractivity contribution in [3.8, 4) is 22.8 Å². The normalized spacial score (nSPS) is 11.0. The summed E-state index contributed by atoms with van der Waals surface area (Å²) in [4.78, 5) is 12.3. The summed E-state index contributed by atoms with van der Waals surface area (Å²) in [7, 11) is 0. The van der Waals surface area contributed by atoms with Gasteiger partial charge in [-0.1, -0.05) is 39.7 Å². The van der Waals surface area contributed by atoms with Gasteiger partial charge in [-0.25, -0.2) is 5.43 Å². The fourth-order valence-electron chi connectivity index (χ4n) is 2.90. The van der Waals surface area contributed by atoms with E-state index in [-0.39, 0.29) is 11.4 Å². The summed E-state index contributed by atoms with van der Waals surface area (Å²) in [6, 6.07) is 21.4. The molecular weight excluding hydrogens is 508 g/mol. The molecule has 0 fully saturated rings. The number of hydrogen-bond acceptors (Lipinski definition) is 5.